The maximum Gasteiger partial charge on any atom is 0.116 e. The predicted molar refractivity (Wildman–Crippen MR) is 60.4 cm³/mol. The van der Waals surface area contributed by atoms with Gasteiger partial charge in [-0.1, -0.05) is 20.8 Å². The molecule has 15 heavy (non-hydrogen) atoms. The van der Waals surface area contributed by atoms with Crippen LogP contribution in [-0.2, 0) is 4.74 Å². The summed E-state index contributed by atoms with van der Waals surface area (Å²) in [5.41, 5.74) is 0.136. The van der Waals surface area contributed by atoms with Gasteiger partial charge >= 0.3 is 0 Å². The second-order valence-corrected chi connectivity index (χ2v) is 5.93. The number of hydrogen-bond acceptors (Lipinski definition) is 3. The summed E-state index contributed by atoms with van der Waals surface area (Å²) in [5, 5.41) is 9.06. The molecule has 0 amide bonds. The molecule has 1 aliphatic heterocycles. The molecule has 0 saturated carbocycles. The monoisotopic (exact) mass is 210 g/mol. The Balaban J connectivity index is 2.30. The van der Waals surface area contributed by atoms with Crippen LogP contribution >= 0.6 is 0 Å². The molecule has 1 rings (SSSR count). The Bertz CT molecular complexity index is 245. The summed E-state index contributed by atoms with van der Waals surface area (Å²) in [5.74, 6) is 0. The lowest BCUT2D eigenvalue weighted by Crippen LogP contribution is -2.49. The van der Waals surface area contributed by atoms with Crippen LogP contribution in [0.2, 0.25) is 0 Å². The van der Waals surface area contributed by atoms with Crippen molar-refractivity contribution in [3.63, 3.8) is 0 Å². The molecule has 3 heteroatoms. The highest BCUT2D eigenvalue weighted by Crippen LogP contribution is 2.28. The van der Waals surface area contributed by atoms with E-state index in [1.54, 1.807) is 0 Å². The second kappa shape index (κ2) is 4.51. The van der Waals surface area contributed by atoms with E-state index in [4.69, 9.17) is 10.00 Å². The quantitative estimate of drug-likeness (QED) is 0.711. The Morgan fingerprint density at radius 3 is 2.33 bits per heavy atom. The van der Waals surface area contributed by atoms with Gasteiger partial charge in [-0.2, -0.15) is 5.26 Å². The second-order valence-electron chi connectivity index (χ2n) is 5.93. The van der Waals surface area contributed by atoms with E-state index in [-0.39, 0.29) is 5.41 Å². The molecule has 1 fully saturated rings. The Hall–Kier alpha value is -0.590. The summed E-state index contributed by atoms with van der Waals surface area (Å²) in [7, 11) is 2.09. The average molecular weight is 210 g/mol. The third-order valence-electron chi connectivity index (χ3n) is 2.81. The molecule has 0 radical (unpaired) electrons. The molecule has 0 N–H and O–H groups in total. The summed E-state index contributed by atoms with van der Waals surface area (Å²) >= 11 is 0. The minimum Gasteiger partial charge on any atom is -0.378 e. The molecule has 1 saturated heterocycles. The molecule has 0 atom stereocenters. The van der Waals surface area contributed by atoms with Gasteiger partial charge in [0.25, 0.3) is 0 Å². The molecule has 0 aromatic rings. The Morgan fingerprint density at radius 2 is 2.00 bits per heavy atom. The molecule has 0 aliphatic carbocycles. The van der Waals surface area contributed by atoms with Gasteiger partial charge in [-0.3, -0.25) is 0 Å². The zero-order valence-electron chi connectivity index (χ0n) is 10.3. The van der Waals surface area contributed by atoms with Gasteiger partial charge in [0.1, 0.15) is 5.41 Å². The van der Waals surface area contributed by atoms with E-state index in [1.807, 2.05) is 0 Å². The lowest BCUT2D eigenvalue weighted by Gasteiger charge is -2.38. The molecular formula is C12H22N2O. The van der Waals surface area contributed by atoms with Gasteiger partial charge < -0.3 is 9.64 Å². The molecule has 0 bridgehead atoms. The molecule has 1 heterocycles. The van der Waals surface area contributed by atoms with E-state index in [2.05, 4.69) is 38.8 Å². The minimum atomic E-state index is -0.230. The van der Waals surface area contributed by atoms with Crippen LogP contribution in [0.1, 0.15) is 27.2 Å². The number of ether oxygens (including phenoxy) is 1. The van der Waals surface area contributed by atoms with Crippen molar-refractivity contribution in [1.29, 1.82) is 5.26 Å². The topological polar surface area (TPSA) is 36.3 Å². The highest BCUT2D eigenvalue weighted by molar-refractivity contribution is 5.05. The molecule has 0 spiro atoms. The first kappa shape index (κ1) is 12.5. The summed E-state index contributed by atoms with van der Waals surface area (Å²) in [6.07, 6.45) is 1.16. The van der Waals surface area contributed by atoms with Gasteiger partial charge in [0.05, 0.1) is 19.3 Å². The Labute approximate surface area is 93.0 Å². The maximum atomic E-state index is 9.06. The lowest BCUT2D eigenvalue weighted by molar-refractivity contribution is -0.0892. The van der Waals surface area contributed by atoms with E-state index in [9.17, 15) is 0 Å². The number of nitriles is 1. The van der Waals surface area contributed by atoms with Crippen molar-refractivity contribution >= 4 is 0 Å². The summed E-state index contributed by atoms with van der Waals surface area (Å²) in [4.78, 5) is 2.25. The van der Waals surface area contributed by atoms with Gasteiger partial charge in [-0.05, 0) is 25.4 Å². The van der Waals surface area contributed by atoms with Crippen LogP contribution in [0.4, 0.5) is 0 Å². The highest BCUT2D eigenvalue weighted by Gasteiger charge is 2.39. The smallest absolute Gasteiger partial charge is 0.116 e. The van der Waals surface area contributed by atoms with Crippen LogP contribution in [0.3, 0.4) is 0 Å². The van der Waals surface area contributed by atoms with Gasteiger partial charge in [0.15, 0.2) is 0 Å². The molecule has 86 valence electrons. The molecule has 1 aliphatic rings. The number of rotatable bonds is 4. The van der Waals surface area contributed by atoms with Crippen LogP contribution in [-0.4, -0.2) is 38.3 Å². The largest absolute Gasteiger partial charge is 0.378 e. The highest BCUT2D eigenvalue weighted by atomic mass is 16.5. The van der Waals surface area contributed by atoms with E-state index in [0.29, 0.717) is 18.6 Å². The van der Waals surface area contributed by atoms with Crippen molar-refractivity contribution in [1.82, 2.24) is 4.90 Å². The lowest BCUT2D eigenvalue weighted by atomic mass is 9.86. The zero-order chi connectivity index (χ0) is 11.5. The average Bonchev–Trinajstić information content (AvgIpc) is 2.07. The van der Waals surface area contributed by atoms with Gasteiger partial charge in [-0.15, -0.1) is 0 Å². The number of hydrogen-bond donors (Lipinski definition) is 0. The fourth-order valence-electron chi connectivity index (χ4n) is 1.66. The molecule has 3 nitrogen and oxygen atoms in total. The van der Waals surface area contributed by atoms with Crippen molar-refractivity contribution < 1.29 is 4.74 Å². The van der Waals surface area contributed by atoms with E-state index in [1.165, 1.54) is 0 Å². The van der Waals surface area contributed by atoms with Crippen molar-refractivity contribution in [3.8, 4) is 6.07 Å². The maximum absolute atomic E-state index is 9.06. The van der Waals surface area contributed by atoms with Crippen molar-refractivity contribution in [2.75, 3.05) is 33.4 Å². The summed E-state index contributed by atoms with van der Waals surface area (Å²) < 4.78 is 5.13. The van der Waals surface area contributed by atoms with Crippen LogP contribution in [0.25, 0.3) is 0 Å². The fraction of sp³-hybridized carbons (Fsp3) is 0.917. The van der Waals surface area contributed by atoms with Gasteiger partial charge in [0, 0.05) is 6.54 Å². The fourth-order valence-corrected chi connectivity index (χ4v) is 1.66. The third-order valence-corrected chi connectivity index (χ3v) is 2.81. The minimum absolute atomic E-state index is 0.230. The SMILES string of the molecule is CN(CCC(C)(C)C)CC1(C#N)COC1. The first-order chi connectivity index (χ1) is 6.87. The molecular weight excluding hydrogens is 188 g/mol. The van der Waals surface area contributed by atoms with E-state index < -0.39 is 0 Å². The van der Waals surface area contributed by atoms with E-state index in [0.717, 1.165) is 19.5 Å². The zero-order valence-corrected chi connectivity index (χ0v) is 10.3. The first-order valence-electron chi connectivity index (χ1n) is 5.54. The third kappa shape index (κ3) is 3.81. The Morgan fingerprint density at radius 1 is 1.40 bits per heavy atom. The Kier molecular flexibility index (Phi) is 3.75. The van der Waals surface area contributed by atoms with E-state index >= 15 is 0 Å². The van der Waals surface area contributed by atoms with Crippen molar-refractivity contribution in [2.45, 2.75) is 27.2 Å². The van der Waals surface area contributed by atoms with Crippen molar-refractivity contribution in [3.05, 3.63) is 0 Å². The number of nitrogens with zero attached hydrogens (tertiary/aromatic N) is 2. The molecule has 0 unspecified atom stereocenters. The van der Waals surface area contributed by atoms with Crippen LogP contribution in [0.15, 0.2) is 0 Å². The first-order valence-corrected chi connectivity index (χ1v) is 5.54. The molecule has 0 aromatic carbocycles. The van der Waals surface area contributed by atoms with Gasteiger partial charge in [0.2, 0.25) is 0 Å². The predicted octanol–water partition coefficient (Wildman–Crippen LogP) is 1.89. The normalized spacial score (nSPS) is 19.7. The van der Waals surface area contributed by atoms with Gasteiger partial charge in [-0.25, -0.2) is 0 Å². The van der Waals surface area contributed by atoms with Crippen LogP contribution < -0.4 is 0 Å². The van der Waals surface area contributed by atoms with Crippen LogP contribution in [0, 0.1) is 22.2 Å². The van der Waals surface area contributed by atoms with Crippen molar-refractivity contribution in [2.24, 2.45) is 10.8 Å². The standard InChI is InChI=1S/C12H22N2O/c1-11(2,3)5-6-14(4)8-12(7-13)9-15-10-12/h5-6,8-10H2,1-4H3. The molecule has 0 aromatic heterocycles. The summed E-state index contributed by atoms with van der Waals surface area (Å²) in [6, 6.07) is 2.38. The summed E-state index contributed by atoms with van der Waals surface area (Å²) in [6.45, 7) is 9.81. The van der Waals surface area contributed by atoms with Crippen LogP contribution in [0.5, 0.6) is 0 Å².